The number of fused-ring (bicyclic) bond motifs is 4. The molecule has 0 amide bonds. The van der Waals surface area contributed by atoms with Gasteiger partial charge in [0, 0.05) is 29.5 Å². The lowest BCUT2D eigenvalue weighted by atomic mass is 9.85. The van der Waals surface area contributed by atoms with Gasteiger partial charge in [-0.3, -0.25) is 0 Å². The van der Waals surface area contributed by atoms with E-state index in [2.05, 4.69) is 53.3 Å². The van der Waals surface area contributed by atoms with E-state index in [0.29, 0.717) is 6.61 Å². The summed E-state index contributed by atoms with van der Waals surface area (Å²) in [6.45, 7) is 1.58. The number of hydrogen-bond donors (Lipinski definition) is 0. The van der Waals surface area contributed by atoms with Crippen LogP contribution in [0.3, 0.4) is 0 Å². The van der Waals surface area contributed by atoms with E-state index < -0.39 is 0 Å². The van der Waals surface area contributed by atoms with E-state index in [4.69, 9.17) is 14.2 Å². The highest BCUT2D eigenvalue weighted by Crippen LogP contribution is 2.41. The van der Waals surface area contributed by atoms with Crippen molar-refractivity contribution >= 4 is 6.21 Å². The van der Waals surface area contributed by atoms with Gasteiger partial charge in [0.2, 0.25) is 0 Å². The van der Waals surface area contributed by atoms with Crippen molar-refractivity contribution in [3.63, 3.8) is 0 Å². The number of ether oxygens (including phenoxy) is 3. The second kappa shape index (κ2) is 7.86. The Morgan fingerprint density at radius 1 is 0.900 bits per heavy atom. The first-order valence-electron chi connectivity index (χ1n) is 10.4. The molecular weight excluding hydrogens is 374 g/mol. The summed E-state index contributed by atoms with van der Waals surface area (Å²) >= 11 is 0. The van der Waals surface area contributed by atoms with Crippen LogP contribution in [0.4, 0.5) is 0 Å². The van der Waals surface area contributed by atoms with Gasteiger partial charge >= 0.3 is 0 Å². The molecule has 4 heteroatoms. The Kier molecular flexibility index (Phi) is 4.91. The molecule has 0 saturated heterocycles. The van der Waals surface area contributed by atoms with Crippen LogP contribution < -0.4 is 14.2 Å². The average molecular weight is 400 g/mol. The molecule has 0 saturated carbocycles. The third-order valence-corrected chi connectivity index (χ3v) is 6.15. The molecule has 0 bridgehead atoms. The first-order chi connectivity index (χ1) is 14.8. The van der Waals surface area contributed by atoms with Crippen LogP contribution in [-0.4, -0.2) is 31.6 Å². The molecule has 0 aromatic heterocycles. The molecule has 2 heterocycles. The molecule has 0 spiro atoms. The van der Waals surface area contributed by atoms with Crippen molar-refractivity contribution < 1.29 is 18.8 Å². The molecule has 0 fully saturated rings. The van der Waals surface area contributed by atoms with Gasteiger partial charge in [-0.05, 0) is 35.4 Å². The van der Waals surface area contributed by atoms with Crippen LogP contribution in [0.2, 0.25) is 0 Å². The predicted octanol–water partition coefficient (Wildman–Crippen LogP) is 4.57. The molecule has 0 N–H and O–H groups in total. The summed E-state index contributed by atoms with van der Waals surface area (Å²) in [7, 11) is 3.39. The van der Waals surface area contributed by atoms with E-state index in [1.165, 1.54) is 27.8 Å². The maximum atomic E-state index is 6.26. The number of nitrogens with zero attached hydrogens (tertiary/aromatic N) is 1. The quantitative estimate of drug-likeness (QED) is 0.588. The maximum absolute atomic E-state index is 6.26. The summed E-state index contributed by atoms with van der Waals surface area (Å²) in [6.07, 6.45) is 4.21. The highest BCUT2D eigenvalue weighted by Gasteiger charge is 2.36. The minimum atomic E-state index is 0.280. The van der Waals surface area contributed by atoms with E-state index >= 15 is 0 Å². The smallest absolute Gasteiger partial charge is 0.182 e. The van der Waals surface area contributed by atoms with Gasteiger partial charge in [0.25, 0.3) is 0 Å². The standard InChI is InChI=1S/C26H26NO3/c1-28-25-13-19-11-12-27-16-20-9-6-10-24(30-17-18-7-4-3-5-8-18)22(20)14-23(27)21(19)15-26(25)29-2/h3-10,13,15-16,23H,11-12,14,17H2,1-2H3/q+1. The van der Waals surface area contributed by atoms with Crippen molar-refractivity contribution in [2.24, 2.45) is 0 Å². The van der Waals surface area contributed by atoms with Crippen molar-refractivity contribution in [2.45, 2.75) is 25.5 Å². The first kappa shape index (κ1) is 18.7. The largest absolute Gasteiger partial charge is 0.493 e. The number of hydrogen-bond acceptors (Lipinski definition) is 3. The Balaban J connectivity index is 1.49. The summed E-state index contributed by atoms with van der Waals surface area (Å²) in [4.78, 5) is 0. The highest BCUT2D eigenvalue weighted by molar-refractivity contribution is 5.80. The Labute approximate surface area is 177 Å². The fourth-order valence-corrected chi connectivity index (χ4v) is 4.59. The molecule has 0 radical (unpaired) electrons. The molecule has 30 heavy (non-hydrogen) atoms. The topological polar surface area (TPSA) is 30.7 Å². The molecule has 5 rings (SSSR count). The summed E-state index contributed by atoms with van der Waals surface area (Å²) in [6, 6.07) is 21.2. The monoisotopic (exact) mass is 400 g/mol. The highest BCUT2D eigenvalue weighted by atomic mass is 16.5. The second-order valence-electron chi connectivity index (χ2n) is 7.84. The minimum absolute atomic E-state index is 0.280. The lowest BCUT2D eigenvalue weighted by Gasteiger charge is -2.29. The molecular formula is C26H26NO3+. The van der Waals surface area contributed by atoms with Gasteiger partial charge in [-0.2, -0.15) is 0 Å². The van der Waals surface area contributed by atoms with Crippen LogP contribution in [0, 0.1) is 0 Å². The zero-order valence-corrected chi connectivity index (χ0v) is 17.4. The molecule has 3 aromatic rings. The van der Waals surface area contributed by atoms with Crippen molar-refractivity contribution in [2.75, 3.05) is 20.8 Å². The maximum Gasteiger partial charge on any atom is 0.182 e. The van der Waals surface area contributed by atoms with Crippen molar-refractivity contribution in [1.29, 1.82) is 0 Å². The number of methoxy groups -OCH3 is 2. The molecule has 3 aromatic carbocycles. The van der Waals surface area contributed by atoms with Crippen molar-refractivity contribution in [3.05, 3.63) is 88.5 Å². The fourth-order valence-electron chi connectivity index (χ4n) is 4.59. The SMILES string of the molecule is COc1cc2c(cc1OC)C1Cc3c(cccc3OCc3ccccc3)C=[N+]1CC2. The van der Waals surface area contributed by atoms with E-state index in [1.807, 2.05) is 18.2 Å². The van der Waals surface area contributed by atoms with Gasteiger partial charge in [0.05, 0.1) is 14.2 Å². The van der Waals surface area contributed by atoms with Crippen LogP contribution in [0.25, 0.3) is 0 Å². The second-order valence-corrected chi connectivity index (χ2v) is 7.84. The lowest BCUT2D eigenvalue weighted by Crippen LogP contribution is -2.33. The normalized spacial score (nSPS) is 16.6. The van der Waals surface area contributed by atoms with E-state index in [1.54, 1.807) is 14.2 Å². The van der Waals surface area contributed by atoms with Crippen molar-refractivity contribution in [1.82, 2.24) is 0 Å². The molecule has 2 aliphatic rings. The molecule has 2 aliphatic heterocycles. The Bertz CT molecular complexity index is 1100. The van der Waals surface area contributed by atoms with Crippen molar-refractivity contribution in [3.8, 4) is 17.2 Å². The Morgan fingerprint density at radius 3 is 2.50 bits per heavy atom. The van der Waals surface area contributed by atoms with Crippen LogP contribution >= 0.6 is 0 Å². The number of rotatable bonds is 5. The van der Waals surface area contributed by atoms with Gasteiger partial charge in [0.15, 0.2) is 23.8 Å². The van der Waals surface area contributed by atoms with Gasteiger partial charge in [-0.1, -0.05) is 36.4 Å². The van der Waals surface area contributed by atoms with Gasteiger partial charge < -0.3 is 14.2 Å². The van der Waals surface area contributed by atoms with E-state index in [-0.39, 0.29) is 6.04 Å². The number of benzene rings is 3. The zero-order chi connectivity index (χ0) is 20.5. The van der Waals surface area contributed by atoms with Gasteiger partial charge in [0.1, 0.15) is 18.9 Å². The van der Waals surface area contributed by atoms with Crippen LogP contribution in [0.5, 0.6) is 17.2 Å². The predicted molar refractivity (Wildman–Crippen MR) is 117 cm³/mol. The summed E-state index contributed by atoms with van der Waals surface area (Å²) in [5.74, 6) is 2.56. The first-order valence-corrected chi connectivity index (χ1v) is 10.4. The van der Waals surface area contributed by atoms with E-state index in [9.17, 15) is 0 Å². The molecule has 0 aliphatic carbocycles. The summed E-state index contributed by atoms with van der Waals surface area (Å²) in [5, 5.41) is 0. The molecule has 1 atom stereocenters. The Hall–Kier alpha value is -3.27. The zero-order valence-electron chi connectivity index (χ0n) is 17.4. The van der Waals surface area contributed by atoms with Crippen LogP contribution in [-0.2, 0) is 19.4 Å². The Morgan fingerprint density at radius 2 is 1.70 bits per heavy atom. The van der Waals surface area contributed by atoms with Gasteiger partial charge in [-0.25, -0.2) is 4.58 Å². The summed E-state index contributed by atoms with van der Waals surface area (Å²) < 4.78 is 19.8. The molecule has 1 unspecified atom stereocenters. The fraction of sp³-hybridized carbons (Fsp3) is 0.269. The lowest BCUT2D eigenvalue weighted by molar-refractivity contribution is -0.573. The van der Waals surface area contributed by atoms with Crippen LogP contribution in [0.1, 0.15) is 33.9 Å². The summed E-state index contributed by atoms with van der Waals surface area (Å²) in [5.41, 5.74) is 6.36. The minimum Gasteiger partial charge on any atom is -0.493 e. The van der Waals surface area contributed by atoms with Gasteiger partial charge in [-0.15, -0.1) is 0 Å². The molecule has 4 nitrogen and oxygen atoms in total. The molecule has 152 valence electrons. The third-order valence-electron chi connectivity index (χ3n) is 6.15. The van der Waals surface area contributed by atoms with Crippen LogP contribution in [0.15, 0.2) is 60.7 Å². The van der Waals surface area contributed by atoms with E-state index in [0.717, 1.165) is 36.6 Å². The third kappa shape index (κ3) is 3.32. The average Bonchev–Trinajstić information content (AvgIpc) is 2.81.